The van der Waals surface area contributed by atoms with Crippen LogP contribution in [-0.2, 0) is 18.6 Å². The zero-order chi connectivity index (χ0) is 18.8. The topological polar surface area (TPSA) is 160 Å². The monoisotopic (exact) mass is 380 g/mol. The predicted octanol–water partition coefficient (Wildman–Crippen LogP) is -0.991. The van der Waals surface area contributed by atoms with E-state index in [9.17, 15) is 19.3 Å². The molecule has 0 saturated carbocycles. The molecule has 1 aliphatic rings. The number of aromatic amines is 1. The van der Waals surface area contributed by atoms with Gasteiger partial charge in [0, 0.05) is 24.8 Å². The van der Waals surface area contributed by atoms with Crippen molar-refractivity contribution >= 4 is 7.82 Å². The number of phosphoric ester groups is 1. The summed E-state index contributed by atoms with van der Waals surface area (Å²) in [6.45, 7) is 2.65. The quantitative estimate of drug-likeness (QED) is 0.435. The standard InChI is InChI=1S/C13H21N2O9P/c1-3-22-6-13(7-23-25(19,20)21)9(16)4-10(24-13)15-5-8(2)11(17)14-12(15)18/h5,9-10,16H,3-4,6-7H2,1-2H3,(H,14,17,18)(H2,19,20,21)/t9-,10+,13+/m0/s1. The van der Waals surface area contributed by atoms with E-state index in [1.54, 1.807) is 6.92 Å². The van der Waals surface area contributed by atoms with Crippen LogP contribution in [0.25, 0.3) is 0 Å². The molecule has 1 aliphatic heterocycles. The molecule has 0 bridgehead atoms. The van der Waals surface area contributed by atoms with Gasteiger partial charge in [0.1, 0.15) is 11.8 Å². The molecule has 1 aromatic heterocycles. The SMILES string of the molecule is CCOC[C@]1(COP(=O)(O)O)O[C@@H](n2cc(C)c(=O)[nH]c2=O)C[C@@H]1O. The van der Waals surface area contributed by atoms with Gasteiger partial charge in [0.15, 0.2) is 0 Å². The fraction of sp³-hybridized carbons (Fsp3) is 0.692. The second-order valence-electron chi connectivity index (χ2n) is 5.77. The summed E-state index contributed by atoms with van der Waals surface area (Å²) < 4.78 is 27.6. The number of phosphoric acid groups is 1. The molecule has 0 aliphatic carbocycles. The lowest BCUT2D eigenvalue weighted by molar-refractivity contribution is -0.158. The first-order chi connectivity index (χ1) is 11.6. The highest BCUT2D eigenvalue weighted by Gasteiger charge is 2.50. The van der Waals surface area contributed by atoms with Crippen molar-refractivity contribution in [2.45, 2.75) is 38.2 Å². The van der Waals surface area contributed by atoms with Crippen molar-refractivity contribution in [3.05, 3.63) is 32.6 Å². The van der Waals surface area contributed by atoms with Crippen molar-refractivity contribution in [3.63, 3.8) is 0 Å². The van der Waals surface area contributed by atoms with Gasteiger partial charge in [-0.05, 0) is 13.8 Å². The summed E-state index contributed by atoms with van der Waals surface area (Å²) in [5.74, 6) is 0. The normalized spacial score (nSPS) is 26.9. The Morgan fingerprint density at radius 1 is 1.44 bits per heavy atom. The number of H-pyrrole nitrogens is 1. The first-order valence-electron chi connectivity index (χ1n) is 7.54. The molecule has 0 spiro atoms. The molecule has 0 unspecified atom stereocenters. The van der Waals surface area contributed by atoms with Crippen molar-refractivity contribution < 1.29 is 33.5 Å². The highest BCUT2D eigenvalue weighted by molar-refractivity contribution is 7.46. The third kappa shape index (κ3) is 4.64. The lowest BCUT2D eigenvalue weighted by atomic mass is 9.99. The van der Waals surface area contributed by atoms with E-state index < -0.39 is 43.6 Å². The molecule has 2 rings (SSSR count). The fourth-order valence-corrected chi connectivity index (χ4v) is 2.93. The summed E-state index contributed by atoms with van der Waals surface area (Å²) in [7, 11) is -4.80. The van der Waals surface area contributed by atoms with Crippen LogP contribution in [-0.4, -0.2) is 56.0 Å². The second-order valence-corrected chi connectivity index (χ2v) is 7.01. The molecule has 1 fully saturated rings. The molecule has 12 heteroatoms. The summed E-state index contributed by atoms with van der Waals surface area (Å²) in [6.07, 6.45) is -0.934. The Morgan fingerprint density at radius 3 is 2.72 bits per heavy atom. The van der Waals surface area contributed by atoms with Gasteiger partial charge in [0.05, 0.1) is 19.3 Å². The average Bonchev–Trinajstić information content (AvgIpc) is 2.83. The fourth-order valence-electron chi connectivity index (χ4n) is 2.54. The molecular formula is C13H21N2O9P. The van der Waals surface area contributed by atoms with Gasteiger partial charge in [-0.1, -0.05) is 0 Å². The van der Waals surface area contributed by atoms with E-state index in [2.05, 4.69) is 9.51 Å². The van der Waals surface area contributed by atoms with E-state index in [0.717, 1.165) is 4.57 Å². The summed E-state index contributed by atoms with van der Waals surface area (Å²) in [5, 5.41) is 10.4. The first-order valence-corrected chi connectivity index (χ1v) is 9.07. The van der Waals surface area contributed by atoms with E-state index >= 15 is 0 Å². The molecule has 4 N–H and O–H groups in total. The van der Waals surface area contributed by atoms with Gasteiger partial charge < -0.3 is 24.4 Å². The van der Waals surface area contributed by atoms with Gasteiger partial charge in [-0.3, -0.25) is 18.9 Å². The number of ether oxygens (including phenoxy) is 2. The minimum Gasteiger partial charge on any atom is -0.390 e. The molecule has 0 amide bonds. The predicted molar refractivity (Wildman–Crippen MR) is 84.0 cm³/mol. The summed E-state index contributed by atoms with van der Waals surface area (Å²) >= 11 is 0. The Bertz CT molecular complexity index is 769. The smallest absolute Gasteiger partial charge is 0.390 e. The van der Waals surface area contributed by atoms with Crippen LogP contribution in [0.5, 0.6) is 0 Å². The minimum atomic E-state index is -4.80. The molecule has 1 aromatic rings. The maximum absolute atomic E-state index is 12.0. The number of nitrogens with zero attached hydrogens (tertiary/aromatic N) is 1. The van der Waals surface area contributed by atoms with Crippen LogP contribution in [0.1, 0.15) is 25.1 Å². The molecule has 0 aromatic carbocycles. The molecule has 0 radical (unpaired) electrons. The molecule has 3 atom stereocenters. The molecule has 25 heavy (non-hydrogen) atoms. The van der Waals surface area contributed by atoms with Gasteiger partial charge in [-0.25, -0.2) is 9.36 Å². The number of aromatic nitrogens is 2. The lowest BCUT2D eigenvalue weighted by Crippen LogP contribution is -2.48. The van der Waals surface area contributed by atoms with Crippen molar-refractivity contribution in [3.8, 4) is 0 Å². The van der Waals surface area contributed by atoms with Crippen LogP contribution in [0.2, 0.25) is 0 Å². The Morgan fingerprint density at radius 2 is 2.12 bits per heavy atom. The van der Waals surface area contributed by atoms with Crippen molar-refractivity contribution in [1.29, 1.82) is 0 Å². The highest BCUT2D eigenvalue weighted by atomic mass is 31.2. The highest BCUT2D eigenvalue weighted by Crippen LogP contribution is 2.42. The van der Waals surface area contributed by atoms with Gasteiger partial charge in [0.2, 0.25) is 0 Å². The zero-order valence-electron chi connectivity index (χ0n) is 13.7. The lowest BCUT2D eigenvalue weighted by Gasteiger charge is -2.31. The number of nitrogens with one attached hydrogen (secondary N) is 1. The molecule has 1 saturated heterocycles. The average molecular weight is 380 g/mol. The van der Waals surface area contributed by atoms with E-state index in [-0.39, 0.29) is 25.2 Å². The Labute approximate surface area is 142 Å². The second kappa shape index (κ2) is 7.50. The third-order valence-electron chi connectivity index (χ3n) is 3.89. The van der Waals surface area contributed by atoms with Crippen LogP contribution in [0.3, 0.4) is 0 Å². The van der Waals surface area contributed by atoms with Crippen LogP contribution < -0.4 is 11.2 Å². The Kier molecular flexibility index (Phi) is 6.00. The number of hydrogen-bond acceptors (Lipinski definition) is 7. The number of aliphatic hydroxyl groups is 1. The number of aryl methyl sites for hydroxylation is 1. The van der Waals surface area contributed by atoms with E-state index in [1.165, 1.54) is 13.1 Å². The van der Waals surface area contributed by atoms with Gasteiger partial charge >= 0.3 is 13.5 Å². The summed E-state index contributed by atoms with van der Waals surface area (Å²) in [5.41, 5.74) is -2.56. The molecule has 2 heterocycles. The van der Waals surface area contributed by atoms with Gasteiger partial charge in [0.25, 0.3) is 5.56 Å². The van der Waals surface area contributed by atoms with Crippen molar-refractivity contribution in [2.75, 3.05) is 19.8 Å². The largest absolute Gasteiger partial charge is 0.469 e. The maximum Gasteiger partial charge on any atom is 0.469 e. The van der Waals surface area contributed by atoms with Crippen LogP contribution in [0.4, 0.5) is 0 Å². The third-order valence-corrected chi connectivity index (χ3v) is 4.35. The summed E-state index contributed by atoms with van der Waals surface area (Å²) in [6, 6.07) is 0. The number of rotatable bonds is 7. The van der Waals surface area contributed by atoms with E-state index in [4.69, 9.17) is 19.3 Å². The van der Waals surface area contributed by atoms with Crippen molar-refractivity contribution in [2.24, 2.45) is 0 Å². The van der Waals surface area contributed by atoms with Crippen LogP contribution >= 0.6 is 7.82 Å². The van der Waals surface area contributed by atoms with Crippen molar-refractivity contribution in [1.82, 2.24) is 9.55 Å². The minimum absolute atomic E-state index is 0.0526. The van der Waals surface area contributed by atoms with E-state index in [1.807, 2.05) is 0 Å². The Hall–Kier alpha value is -1.33. The molecular weight excluding hydrogens is 359 g/mol. The zero-order valence-corrected chi connectivity index (χ0v) is 14.6. The number of aliphatic hydroxyl groups excluding tert-OH is 1. The van der Waals surface area contributed by atoms with E-state index in [0.29, 0.717) is 0 Å². The van der Waals surface area contributed by atoms with Crippen LogP contribution in [0.15, 0.2) is 15.8 Å². The molecule has 11 nitrogen and oxygen atoms in total. The Balaban J connectivity index is 2.31. The first kappa shape index (κ1) is 20.0. The number of hydrogen-bond donors (Lipinski definition) is 4. The van der Waals surface area contributed by atoms with Gasteiger partial charge in [-0.15, -0.1) is 0 Å². The van der Waals surface area contributed by atoms with Crippen LogP contribution in [0, 0.1) is 6.92 Å². The molecule has 142 valence electrons. The van der Waals surface area contributed by atoms with Gasteiger partial charge in [-0.2, -0.15) is 0 Å². The summed E-state index contributed by atoms with van der Waals surface area (Å²) in [4.78, 5) is 43.4. The maximum atomic E-state index is 12.0.